The van der Waals surface area contributed by atoms with Gasteiger partial charge in [-0.1, -0.05) is 11.2 Å². The van der Waals surface area contributed by atoms with Crippen molar-refractivity contribution < 1.29 is 18.5 Å². The third-order valence-corrected chi connectivity index (χ3v) is 5.37. The molecule has 0 radical (unpaired) electrons. The standard InChI is InChI=1S/C24H20N4O5/c1-12-5-6-20-25-16(8-21(29)28(20)10-12)11-31-24(30)18-9-19(17-7-13(2)32-15(17)4)26-23-22(18)14(3)27-33-23/h5-10H,11H2,1-4H3. The Hall–Kier alpha value is -4.27. The fraction of sp³-hybridized carbons (Fsp3) is 0.208. The van der Waals surface area contributed by atoms with Gasteiger partial charge in [0.15, 0.2) is 0 Å². The number of carbonyl (C=O) groups is 1. The lowest BCUT2D eigenvalue weighted by atomic mass is 10.1. The molecule has 0 amide bonds. The molecule has 0 N–H and O–H groups in total. The molecule has 5 aromatic heterocycles. The molecule has 0 saturated heterocycles. The van der Waals surface area contributed by atoms with E-state index in [0.29, 0.717) is 33.9 Å². The number of hydrogen-bond donors (Lipinski definition) is 0. The molecule has 0 aliphatic heterocycles. The second-order valence-electron chi connectivity index (χ2n) is 7.93. The number of hydrogen-bond acceptors (Lipinski definition) is 8. The second kappa shape index (κ2) is 7.70. The second-order valence-corrected chi connectivity index (χ2v) is 7.93. The zero-order valence-corrected chi connectivity index (χ0v) is 18.5. The van der Waals surface area contributed by atoms with Gasteiger partial charge in [0.2, 0.25) is 0 Å². The van der Waals surface area contributed by atoms with Gasteiger partial charge in [-0.05, 0) is 51.5 Å². The number of carbonyl (C=O) groups excluding carboxylic acids is 1. The minimum atomic E-state index is -0.598. The number of rotatable bonds is 4. The average molecular weight is 444 g/mol. The Kier molecular flexibility index (Phi) is 4.81. The zero-order chi connectivity index (χ0) is 23.3. The van der Waals surface area contributed by atoms with Gasteiger partial charge in [-0.3, -0.25) is 9.20 Å². The summed E-state index contributed by atoms with van der Waals surface area (Å²) in [4.78, 5) is 34.4. The van der Waals surface area contributed by atoms with Gasteiger partial charge < -0.3 is 13.7 Å². The Labute approximate surface area is 187 Å². The van der Waals surface area contributed by atoms with Gasteiger partial charge in [-0.2, -0.15) is 0 Å². The fourth-order valence-electron chi connectivity index (χ4n) is 3.83. The summed E-state index contributed by atoms with van der Waals surface area (Å²) in [5.74, 6) is 0.802. The van der Waals surface area contributed by atoms with Crippen molar-refractivity contribution in [3.63, 3.8) is 0 Å². The van der Waals surface area contributed by atoms with Gasteiger partial charge in [-0.15, -0.1) is 0 Å². The van der Waals surface area contributed by atoms with E-state index < -0.39 is 5.97 Å². The average Bonchev–Trinajstić information content (AvgIpc) is 3.33. The summed E-state index contributed by atoms with van der Waals surface area (Å²) in [7, 11) is 0. The number of ether oxygens (including phenoxy) is 1. The largest absolute Gasteiger partial charge is 0.466 e. The lowest BCUT2D eigenvalue weighted by molar-refractivity contribution is 0.0470. The lowest BCUT2D eigenvalue weighted by Gasteiger charge is -2.08. The van der Waals surface area contributed by atoms with Crippen LogP contribution in [0.2, 0.25) is 0 Å². The summed E-state index contributed by atoms with van der Waals surface area (Å²) in [5, 5.41) is 4.42. The Morgan fingerprint density at radius 2 is 1.91 bits per heavy atom. The van der Waals surface area contributed by atoms with Crippen molar-refractivity contribution in [2.24, 2.45) is 0 Å². The topological polar surface area (TPSA) is 113 Å². The van der Waals surface area contributed by atoms with E-state index in [1.807, 2.05) is 32.9 Å². The fourth-order valence-corrected chi connectivity index (χ4v) is 3.83. The van der Waals surface area contributed by atoms with Gasteiger partial charge in [0.05, 0.1) is 28.0 Å². The molecule has 0 unspecified atom stereocenters. The van der Waals surface area contributed by atoms with Crippen LogP contribution in [-0.2, 0) is 11.3 Å². The monoisotopic (exact) mass is 444 g/mol. The van der Waals surface area contributed by atoms with Crippen molar-refractivity contribution in [3.8, 4) is 11.3 Å². The van der Waals surface area contributed by atoms with Crippen molar-refractivity contribution in [3.05, 3.63) is 80.9 Å². The Bertz CT molecular complexity index is 1610. The van der Waals surface area contributed by atoms with Gasteiger partial charge in [-0.25, -0.2) is 14.8 Å². The van der Waals surface area contributed by atoms with Crippen molar-refractivity contribution in [1.82, 2.24) is 19.5 Å². The van der Waals surface area contributed by atoms with E-state index in [0.717, 1.165) is 16.9 Å². The Balaban J connectivity index is 1.50. The predicted octanol–water partition coefficient (Wildman–Crippen LogP) is 4.08. The van der Waals surface area contributed by atoms with Gasteiger partial charge in [0.25, 0.3) is 11.3 Å². The van der Waals surface area contributed by atoms with Crippen molar-refractivity contribution >= 4 is 22.7 Å². The molecule has 0 bridgehead atoms. The highest BCUT2D eigenvalue weighted by molar-refractivity contribution is 6.04. The van der Waals surface area contributed by atoms with Crippen LogP contribution in [0.3, 0.4) is 0 Å². The molecule has 0 saturated carbocycles. The molecule has 0 fully saturated rings. The first-order valence-corrected chi connectivity index (χ1v) is 10.3. The highest BCUT2D eigenvalue weighted by atomic mass is 16.5. The molecule has 166 valence electrons. The molecule has 0 spiro atoms. The third-order valence-electron chi connectivity index (χ3n) is 5.37. The normalized spacial score (nSPS) is 11.4. The molecule has 5 rings (SSSR count). The summed E-state index contributed by atoms with van der Waals surface area (Å²) >= 11 is 0. The first-order chi connectivity index (χ1) is 15.8. The maximum atomic E-state index is 13.1. The Morgan fingerprint density at radius 3 is 2.67 bits per heavy atom. The minimum Gasteiger partial charge on any atom is -0.466 e. The summed E-state index contributed by atoms with van der Waals surface area (Å²) < 4.78 is 17.9. The molecule has 0 atom stereocenters. The summed E-state index contributed by atoms with van der Waals surface area (Å²) in [6.45, 7) is 7.12. The molecule has 0 aliphatic carbocycles. The Morgan fingerprint density at radius 1 is 1.09 bits per heavy atom. The van der Waals surface area contributed by atoms with E-state index in [2.05, 4.69) is 15.1 Å². The van der Waals surface area contributed by atoms with Crippen LogP contribution in [0.4, 0.5) is 0 Å². The molecular formula is C24H20N4O5. The molecule has 0 aliphatic rings. The first-order valence-electron chi connectivity index (χ1n) is 10.3. The van der Waals surface area contributed by atoms with Crippen LogP contribution in [-0.4, -0.2) is 25.5 Å². The summed E-state index contributed by atoms with van der Waals surface area (Å²) in [6.07, 6.45) is 1.71. The maximum absolute atomic E-state index is 13.1. The number of pyridine rings is 2. The lowest BCUT2D eigenvalue weighted by Crippen LogP contribution is -2.17. The maximum Gasteiger partial charge on any atom is 0.339 e. The molecular weight excluding hydrogens is 424 g/mol. The van der Waals surface area contributed by atoms with Crippen LogP contribution in [0.15, 0.2) is 50.3 Å². The van der Waals surface area contributed by atoms with Gasteiger partial charge in [0.1, 0.15) is 23.8 Å². The van der Waals surface area contributed by atoms with E-state index in [1.165, 1.54) is 10.5 Å². The molecule has 9 heteroatoms. The third kappa shape index (κ3) is 3.67. The SMILES string of the molecule is Cc1ccc2nc(COC(=O)c3cc(-c4cc(C)oc4C)nc4onc(C)c34)cc(=O)n2c1. The number of aryl methyl sites for hydroxylation is 4. The molecule has 0 aromatic carbocycles. The molecule has 9 nitrogen and oxygen atoms in total. The molecule has 5 aromatic rings. The van der Waals surface area contributed by atoms with E-state index in [1.54, 1.807) is 25.3 Å². The first kappa shape index (κ1) is 20.6. The highest BCUT2D eigenvalue weighted by Gasteiger charge is 2.22. The number of nitrogens with zero attached hydrogens (tertiary/aromatic N) is 4. The molecule has 5 heterocycles. The van der Waals surface area contributed by atoms with Gasteiger partial charge in [0, 0.05) is 17.8 Å². The van der Waals surface area contributed by atoms with Crippen LogP contribution in [0.5, 0.6) is 0 Å². The number of esters is 1. The van der Waals surface area contributed by atoms with Crippen LogP contribution >= 0.6 is 0 Å². The van der Waals surface area contributed by atoms with E-state index in [-0.39, 0.29) is 23.4 Å². The van der Waals surface area contributed by atoms with Crippen LogP contribution in [0.1, 0.15) is 38.8 Å². The van der Waals surface area contributed by atoms with Crippen LogP contribution in [0.25, 0.3) is 28.0 Å². The van der Waals surface area contributed by atoms with Crippen LogP contribution < -0.4 is 5.56 Å². The van der Waals surface area contributed by atoms with E-state index >= 15 is 0 Å². The quantitative estimate of drug-likeness (QED) is 0.381. The zero-order valence-electron chi connectivity index (χ0n) is 18.5. The van der Waals surface area contributed by atoms with E-state index in [9.17, 15) is 9.59 Å². The minimum absolute atomic E-state index is 0.161. The molecule has 33 heavy (non-hydrogen) atoms. The van der Waals surface area contributed by atoms with E-state index in [4.69, 9.17) is 13.7 Å². The summed E-state index contributed by atoms with van der Waals surface area (Å²) in [6, 6.07) is 8.45. The van der Waals surface area contributed by atoms with Crippen LogP contribution in [0, 0.1) is 27.7 Å². The van der Waals surface area contributed by atoms with Crippen molar-refractivity contribution in [2.45, 2.75) is 34.3 Å². The number of fused-ring (bicyclic) bond motifs is 2. The predicted molar refractivity (Wildman–Crippen MR) is 119 cm³/mol. The smallest absolute Gasteiger partial charge is 0.339 e. The van der Waals surface area contributed by atoms with Gasteiger partial charge >= 0.3 is 5.97 Å². The number of aromatic nitrogens is 4. The van der Waals surface area contributed by atoms with Crippen molar-refractivity contribution in [1.29, 1.82) is 0 Å². The summed E-state index contributed by atoms with van der Waals surface area (Å²) in [5.41, 5.74) is 3.80. The highest BCUT2D eigenvalue weighted by Crippen LogP contribution is 2.30. The van der Waals surface area contributed by atoms with Crippen molar-refractivity contribution in [2.75, 3.05) is 0 Å². The number of furan rings is 1.